The summed E-state index contributed by atoms with van der Waals surface area (Å²) < 4.78 is 90.6. The molecule has 0 bridgehead atoms. The third kappa shape index (κ3) is 5.25. The fourth-order valence-corrected chi connectivity index (χ4v) is 6.75. The molecule has 0 saturated carbocycles. The number of alkyl halides is 3. The zero-order chi connectivity index (χ0) is 21.5. The van der Waals surface area contributed by atoms with Gasteiger partial charge in [-0.3, -0.25) is 0 Å². The monoisotopic (exact) mass is 481 g/mol. The van der Waals surface area contributed by atoms with Crippen molar-refractivity contribution in [3.63, 3.8) is 0 Å². The Morgan fingerprint density at radius 3 is 2.50 bits per heavy atom. The second kappa shape index (κ2) is 8.19. The van der Waals surface area contributed by atoms with Crippen LogP contribution < -0.4 is 10.0 Å². The SMILES string of the molecule is CC(C)NS(=O)(=O)c1cc2c(cc1Cl)NC(CSCC(F)(F)F)N(C)S2(=O)=O. The van der Waals surface area contributed by atoms with Crippen LogP contribution in [0.4, 0.5) is 18.9 Å². The summed E-state index contributed by atoms with van der Waals surface area (Å²) in [5, 5.41) is 2.60. The summed E-state index contributed by atoms with van der Waals surface area (Å²) in [4.78, 5) is -0.717. The van der Waals surface area contributed by atoms with Crippen LogP contribution in [0, 0.1) is 0 Å². The summed E-state index contributed by atoms with van der Waals surface area (Å²) in [6.07, 6.45) is -5.32. The van der Waals surface area contributed by atoms with Crippen LogP contribution in [0.2, 0.25) is 5.02 Å². The lowest BCUT2D eigenvalue weighted by Gasteiger charge is -2.35. The first kappa shape index (κ1) is 23.5. The number of thioether (sulfide) groups is 1. The maximum absolute atomic E-state index is 12.8. The highest BCUT2D eigenvalue weighted by Crippen LogP contribution is 2.37. The lowest BCUT2D eigenvalue weighted by atomic mass is 10.3. The van der Waals surface area contributed by atoms with Gasteiger partial charge in [0.2, 0.25) is 20.0 Å². The first-order valence-corrected chi connectivity index (χ1v) is 12.4. The first-order valence-electron chi connectivity index (χ1n) is 7.90. The average molecular weight is 482 g/mol. The van der Waals surface area contributed by atoms with E-state index in [0.717, 1.165) is 16.4 Å². The van der Waals surface area contributed by atoms with Crippen molar-refractivity contribution in [3.05, 3.63) is 17.2 Å². The molecule has 14 heteroatoms. The van der Waals surface area contributed by atoms with Gasteiger partial charge in [-0.05, 0) is 26.0 Å². The minimum absolute atomic E-state index is 0.0317. The molecular formula is C14H19ClF3N3O4S3. The number of nitrogens with one attached hydrogen (secondary N) is 2. The van der Waals surface area contributed by atoms with Crippen LogP contribution in [0.25, 0.3) is 0 Å². The molecule has 0 radical (unpaired) electrons. The molecule has 2 rings (SSSR count). The van der Waals surface area contributed by atoms with Gasteiger partial charge in [0.05, 0.1) is 16.5 Å². The smallest absolute Gasteiger partial charge is 0.367 e. The summed E-state index contributed by atoms with van der Waals surface area (Å²) in [7, 11) is -6.99. The molecule has 7 nitrogen and oxygen atoms in total. The Balaban J connectivity index is 2.40. The molecule has 160 valence electrons. The zero-order valence-electron chi connectivity index (χ0n) is 15.0. The third-order valence-corrected chi connectivity index (χ3v) is 8.79. The van der Waals surface area contributed by atoms with E-state index in [1.807, 2.05) is 0 Å². The van der Waals surface area contributed by atoms with Gasteiger partial charge in [-0.2, -0.15) is 17.5 Å². The Hall–Kier alpha value is -0.730. The number of fused-ring (bicyclic) bond motifs is 1. The van der Waals surface area contributed by atoms with Crippen LogP contribution in [-0.2, 0) is 20.0 Å². The topological polar surface area (TPSA) is 95.6 Å². The highest BCUT2D eigenvalue weighted by Gasteiger charge is 2.38. The van der Waals surface area contributed by atoms with Crippen LogP contribution in [0.5, 0.6) is 0 Å². The molecule has 0 amide bonds. The van der Waals surface area contributed by atoms with Crippen molar-refractivity contribution in [1.82, 2.24) is 9.03 Å². The number of hydrogen-bond acceptors (Lipinski definition) is 6. The summed E-state index contributed by atoms with van der Waals surface area (Å²) in [6, 6.07) is 1.66. The van der Waals surface area contributed by atoms with Crippen LogP contribution in [0.1, 0.15) is 13.8 Å². The molecule has 2 N–H and O–H groups in total. The highest BCUT2D eigenvalue weighted by atomic mass is 35.5. The summed E-state index contributed by atoms with van der Waals surface area (Å²) in [6.45, 7) is 3.19. The van der Waals surface area contributed by atoms with Crippen molar-refractivity contribution in [3.8, 4) is 0 Å². The lowest BCUT2D eigenvalue weighted by Crippen LogP contribution is -2.47. The standard InChI is InChI=1S/C14H19ClF3N3O4S3/c1-8(2)20-27(22,23)11-5-12-10(4-9(11)15)19-13(21(3)28(12,24)25)6-26-7-14(16,17)18/h4-5,8,13,19-20H,6-7H2,1-3H3. The molecule has 28 heavy (non-hydrogen) atoms. The second-order valence-corrected chi connectivity index (χ2v) is 11.5. The van der Waals surface area contributed by atoms with Gasteiger partial charge in [0.15, 0.2) is 0 Å². The number of hydrogen-bond donors (Lipinski definition) is 2. The minimum Gasteiger partial charge on any atom is -0.367 e. The van der Waals surface area contributed by atoms with Crippen molar-refractivity contribution < 1.29 is 30.0 Å². The van der Waals surface area contributed by atoms with Crippen LogP contribution in [0.15, 0.2) is 21.9 Å². The predicted octanol–water partition coefficient (Wildman–Crippen LogP) is 2.69. The van der Waals surface area contributed by atoms with Gasteiger partial charge < -0.3 is 5.32 Å². The molecule has 0 spiro atoms. The van der Waals surface area contributed by atoms with Crippen molar-refractivity contribution in [1.29, 1.82) is 0 Å². The normalized spacial score (nSPS) is 20.1. The first-order chi connectivity index (χ1) is 12.6. The summed E-state index contributed by atoms with van der Waals surface area (Å²) in [5.41, 5.74) is 0.0317. The van der Waals surface area contributed by atoms with E-state index < -0.39 is 49.1 Å². The maximum atomic E-state index is 12.8. The van der Waals surface area contributed by atoms with Gasteiger partial charge in [0.25, 0.3) is 0 Å². The van der Waals surface area contributed by atoms with E-state index in [2.05, 4.69) is 10.0 Å². The molecule has 0 saturated heterocycles. The predicted molar refractivity (Wildman–Crippen MR) is 103 cm³/mol. The molecule has 1 aromatic carbocycles. The number of rotatable bonds is 6. The Bertz CT molecular complexity index is 953. The fourth-order valence-electron chi connectivity index (χ4n) is 2.47. The lowest BCUT2D eigenvalue weighted by molar-refractivity contribution is -0.105. The van der Waals surface area contributed by atoms with E-state index in [9.17, 15) is 30.0 Å². The van der Waals surface area contributed by atoms with E-state index in [0.29, 0.717) is 11.8 Å². The van der Waals surface area contributed by atoms with Gasteiger partial charge in [0.1, 0.15) is 16.0 Å². The second-order valence-electron chi connectivity index (χ2n) is 6.37. The molecule has 1 unspecified atom stereocenters. The molecule has 1 aliphatic rings. The summed E-state index contributed by atoms with van der Waals surface area (Å²) in [5.74, 6) is -1.29. The van der Waals surface area contributed by atoms with E-state index >= 15 is 0 Å². The van der Waals surface area contributed by atoms with E-state index in [1.54, 1.807) is 13.8 Å². The molecule has 1 heterocycles. The number of benzene rings is 1. The Morgan fingerprint density at radius 1 is 1.36 bits per heavy atom. The van der Waals surface area contributed by atoms with E-state index in [1.165, 1.54) is 7.05 Å². The summed E-state index contributed by atoms with van der Waals surface area (Å²) >= 11 is 6.58. The minimum atomic E-state index is -4.37. The van der Waals surface area contributed by atoms with Crippen molar-refractivity contribution in [2.75, 3.05) is 23.9 Å². The number of anilines is 1. The van der Waals surface area contributed by atoms with Crippen LogP contribution in [-0.4, -0.2) is 58.1 Å². The fraction of sp³-hybridized carbons (Fsp3) is 0.571. The Kier molecular flexibility index (Phi) is 6.88. The third-order valence-electron chi connectivity index (χ3n) is 3.67. The van der Waals surface area contributed by atoms with Crippen molar-refractivity contribution >= 4 is 49.1 Å². The maximum Gasteiger partial charge on any atom is 0.397 e. The van der Waals surface area contributed by atoms with Crippen molar-refractivity contribution in [2.24, 2.45) is 0 Å². The van der Waals surface area contributed by atoms with E-state index in [-0.39, 0.29) is 21.4 Å². The Labute approximate surface area is 171 Å². The van der Waals surface area contributed by atoms with Crippen LogP contribution in [0.3, 0.4) is 0 Å². The quantitative estimate of drug-likeness (QED) is 0.648. The van der Waals surface area contributed by atoms with Gasteiger partial charge in [0, 0.05) is 18.8 Å². The van der Waals surface area contributed by atoms with Gasteiger partial charge >= 0.3 is 6.18 Å². The largest absolute Gasteiger partial charge is 0.397 e. The number of halogens is 4. The molecule has 0 fully saturated rings. The van der Waals surface area contributed by atoms with Gasteiger partial charge in [-0.15, -0.1) is 11.8 Å². The molecular weight excluding hydrogens is 463 g/mol. The Morgan fingerprint density at radius 2 is 1.96 bits per heavy atom. The van der Waals surface area contributed by atoms with Crippen molar-refractivity contribution in [2.45, 2.75) is 42.0 Å². The number of sulfonamides is 2. The molecule has 0 aromatic heterocycles. The average Bonchev–Trinajstić information content (AvgIpc) is 2.49. The molecule has 0 aliphatic carbocycles. The number of nitrogens with zero attached hydrogens (tertiary/aromatic N) is 1. The van der Waals surface area contributed by atoms with Crippen LogP contribution >= 0.6 is 23.4 Å². The van der Waals surface area contributed by atoms with Gasteiger partial charge in [-0.25, -0.2) is 21.6 Å². The molecule has 1 atom stereocenters. The molecule has 1 aromatic rings. The highest BCUT2D eigenvalue weighted by molar-refractivity contribution is 7.99. The van der Waals surface area contributed by atoms with Gasteiger partial charge in [-0.1, -0.05) is 11.6 Å². The zero-order valence-corrected chi connectivity index (χ0v) is 18.2. The molecule has 1 aliphatic heterocycles. The van der Waals surface area contributed by atoms with E-state index in [4.69, 9.17) is 11.6 Å².